The first-order valence-corrected chi connectivity index (χ1v) is 7.89. The molecule has 20 heavy (non-hydrogen) atoms. The maximum Gasteiger partial charge on any atom is 0.0543 e. The molecule has 0 spiro atoms. The average Bonchev–Trinajstić information content (AvgIpc) is 2.50. The number of pyridine rings is 1. The fourth-order valence-corrected chi connectivity index (χ4v) is 2.22. The predicted molar refractivity (Wildman–Crippen MR) is 85.1 cm³/mol. The van der Waals surface area contributed by atoms with Gasteiger partial charge in [0, 0.05) is 31.5 Å². The van der Waals surface area contributed by atoms with Gasteiger partial charge in [0.2, 0.25) is 0 Å². The van der Waals surface area contributed by atoms with Gasteiger partial charge in [-0.05, 0) is 50.8 Å². The van der Waals surface area contributed by atoms with Crippen LogP contribution in [0.25, 0.3) is 0 Å². The lowest BCUT2D eigenvalue weighted by molar-refractivity contribution is 0.106. The molecule has 1 heterocycles. The summed E-state index contributed by atoms with van der Waals surface area (Å²) in [5.74, 6) is 0. The van der Waals surface area contributed by atoms with Gasteiger partial charge < -0.3 is 10.1 Å². The van der Waals surface area contributed by atoms with Crippen molar-refractivity contribution in [2.75, 3.05) is 13.7 Å². The Kier molecular flexibility index (Phi) is 8.47. The molecule has 114 valence electrons. The molecule has 3 nitrogen and oxygen atoms in total. The molecule has 2 atom stereocenters. The number of nitrogens with one attached hydrogen (secondary N) is 1. The summed E-state index contributed by atoms with van der Waals surface area (Å²) in [6, 6.07) is 4.85. The molecule has 0 radical (unpaired) electrons. The van der Waals surface area contributed by atoms with Gasteiger partial charge in [0.25, 0.3) is 0 Å². The van der Waals surface area contributed by atoms with Crippen LogP contribution in [0, 0.1) is 0 Å². The van der Waals surface area contributed by atoms with Gasteiger partial charge in [0.05, 0.1) is 6.10 Å². The van der Waals surface area contributed by atoms with E-state index >= 15 is 0 Å². The lowest BCUT2D eigenvalue weighted by atomic mass is 10.0. The second-order valence-corrected chi connectivity index (χ2v) is 5.49. The molecule has 1 aromatic heterocycles. The second-order valence-electron chi connectivity index (χ2n) is 5.49. The van der Waals surface area contributed by atoms with Gasteiger partial charge in [-0.3, -0.25) is 4.98 Å². The van der Waals surface area contributed by atoms with Crippen molar-refractivity contribution in [1.29, 1.82) is 0 Å². The quantitative estimate of drug-likeness (QED) is 0.712. The van der Waals surface area contributed by atoms with E-state index in [1.165, 1.54) is 17.7 Å². The summed E-state index contributed by atoms with van der Waals surface area (Å²) in [7, 11) is 1.78. The van der Waals surface area contributed by atoms with Crippen LogP contribution in [0.2, 0.25) is 0 Å². The van der Waals surface area contributed by atoms with E-state index in [1.54, 1.807) is 7.11 Å². The van der Waals surface area contributed by atoms with Crippen LogP contribution in [0.15, 0.2) is 18.3 Å². The molecule has 0 bridgehead atoms. The minimum atomic E-state index is 0.330. The van der Waals surface area contributed by atoms with Crippen molar-refractivity contribution in [1.82, 2.24) is 10.3 Å². The number of hydrogen-bond donors (Lipinski definition) is 1. The number of rotatable bonds is 10. The van der Waals surface area contributed by atoms with Gasteiger partial charge in [-0.15, -0.1) is 0 Å². The molecule has 1 N–H and O–H groups in total. The van der Waals surface area contributed by atoms with E-state index < -0.39 is 0 Å². The molecule has 3 heteroatoms. The van der Waals surface area contributed by atoms with Crippen molar-refractivity contribution < 1.29 is 4.74 Å². The summed E-state index contributed by atoms with van der Waals surface area (Å²) < 4.78 is 5.34. The third-order valence-electron chi connectivity index (χ3n) is 3.76. The molecule has 0 aliphatic carbocycles. The minimum absolute atomic E-state index is 0.330. The zero-order chi connectivity index (χ0) is 14.8. The Balaban J connectivity index is 2.53. The molecule has 0 fully saturated rings. The SMILES string of the molecule is CCCNC(CCC(C)OC)Cc1ccc(CC)cn1. The van der Waals surface area contributed by atoms with Crippen LogP contribution in [0.1, 0.15) is 51.3 Å². The fourth-order valence-electron chi connectivity index (χ4n) is 2.22. The van der Waals surface area contributed by atoms with E-state index in [1.807, 2.05) is 6.20 Å². The first kappa shape index (κ1) is 17.1. The van der Waals surface area contributed by atoms with Crippen LogP contribution in [-0.2, 0) is 17.6 Å². The number of nitrogens with zero attached hydrogens (tertiary/aromatic N) is 1. The zero-order valence-corrected chi connectivity index (χ0v) is 13.5. The van der Waals surface area contributed by atoms with Crippen LogP contribution >= 0.6 is 0 Å². The number of aromatic nitrogens is 1. The third-order valence-corrected chi connectivity index (χ3v) is 3.76. The second kappa shape index (κ2) is 9.89. The first-order chi connectivity index (χ1) is 9.69. The van der Waals surface area contributed by atoms with Gasteiger partial charge in [-0.1, -0.05) is 19.9 Å². The summed E-state index contributed by atoms with van der Waals surface area (Å²) in [4.78, 5) is 4.57. The summed E-state index contributed by atoms with van der Waals surface area (Å²) in [5.41, 5.74) is 2.49. The molecule has 0 saturated carbocycles. The number of ether oxygens (including phenoxy) is 1. The molecule has 1 aromatic rings. The number of hydrogen-bond acceptors (Lipinski definition) is 3. The zero-order valence-electron chi connectivity index (χ0n) is 13.5. The molecule has 0 aliphatic heterocycles. The van der Waals surface area contributed by atoms with Gasteiger partial charge >= 0.3 is 0 Å². The van der Waals surface area contributed by atoms with Crippen molar-refractivity contribution in [2.45, 2.75) is 65.0 Å². The highest BCUT2D eigenvalue weighted by Crippen LogP contribution is 2.10. The largest absolute Gasteiger partial charge is 0.382 e. The Bertz CT molecular complexity index is 351. The number of aryl methyl sites for hydroxylation is 1. The molecule has 0 aromatic carbocycles. The molecule has 0 saturated heterocycles. The van der Waals surface area contributed by atoms with E-state index in [0.717, 1.165) is 32.2 Å². The van der Waals surface area contributed by atoms with Crippen LogP contribution in [-0.4, -0.2) is 30.8 Å². The topological polar surface area (TPSA) is 34.1 Å². The highest BCUT2D eigenvalue weighted by Gasteiger charge is 2.11. The van der Waals surface area contributed by atoms with E-state index in [2.05, 4.69) is 43.2 Å². The Hall–Kier alpha value is -0.930. The maximum absolute atomic E-state index is 5.34. The van der Waals surface area contributed by atoms with Crippen molar-refractivity contribution in [2.24, 2.45) is 0 Å². The summed E-state index contributed by atoms with van der Waals surface area (Å²) in [6.07, 6.45) is 7.77. The van der Waals surface area contributed by atoms with Crippen molar-refractivity contribution in [3.05, 3.63) is 29.6 Å². The van der Waals surface area contributed by atoms with Gasteiger partial charge in [-0.2, -0.15) is 0 Å². The Labute approximate surface area is 124 Å². The number of methoxy groups -OCH3 is 1. The summed E-state index contributed by atoms with van der Waals surface area (Å²) >= 11 is 0. The van der Waals surface area contributed by atoms with Gasteiger partial charge in [0.1, 0.15) is 0 Å². The standard InChI is InChI=1S/C17H30N2O/c1-5-11-18-16(9-7-14(3)20-4)12-17-10-8-15(6-2)13-19-17/h8,10,13-14,16,18H,5-7,9,11-12H2,1-4H3. The smallest absolute Gasteiger partial charge is 0.0543 e. The highest BCUT2D eigenvalue weighted by atomic mass is 16.5. The molecule has 1 rings (SSSR count). The van der Waals surface area contributed by atoms with E-state index in [-0.39, 0.29) is 0 Å². The van der Waals surface area contributed by atoms with Crippen molar-refractivity contribution >= 4 is 0 Å². The Morgan fingerprint density at radius 1 is 1.25 bits per heavy atom. The van der Waals surface area contributed by atoms with Crippen molar-refractivity contribution in [3.8, 4) is 0 Å². The van der Waals surface area contributed by atoms with Gasteiger partial charge in [-0.25, -0.2) is 0 Å². The molecule has 0 amide bonds. The normalized spacial score (nSPS) is 14.2. The molecular weight excluding hydrogens is 248 g/mol. The Morgan fingerprint density at radius 3 is 2.60 bits per heavy atom. The molecule has 0 aliphatic rings. The fraction of sp³-hybridized carbons (Fsp3) is 0.706. The van der Waals surface area contributed by atoms with Crippen LogP contribution < -0.4 is 5.32 Å². The predicted octanol–water partition coefficient (Wildman–Crippen LogP) is 3.37. The summed E-state index contributed by atoms with van der Waals surface area (Å²) in [5, 5.41) is 3.63. The van der Waals surface area contributed by atoms with E-state index in [0.29, 0.717) is 12.1 Å². The Morgan fingerprint density at radius 2 is 2.05 bits per heavy atom. The monoisotopic (exact) mass is 278 g/mol. The van der Waals surface area contributed by atoms with E-state index in [4.69, 9.17) is 4.74 Å². The lowest BCUT2D eigenvalue weighted by Crippen LogP contribution is -2.33. The molecule has 2 unspecified atom stereocenters. The molecular formula is C17H30N2O. The average molecular weight is 278 g/mol. The lowest BCUT2D eigenvalue weighted by Gasteiger charge is -2.20. The summed E-state index contributed by atoms with van der Waals surface area (Å²) in [6.45, 7) is 7.56. The third kappa shape index (κ3) is 6.49. The first-order valence-electron chi connectivity index (χ1n) is 7.89. The maximum atomic E-state index is 5.34. The van der Waals surface area contributed by atoms with E-state index in [9.17, 15) is 0 Å². The minimum Gasteiger partial charge on any atom is -0.382 e. The highest BCUT2D eigenvalue weighted by molar-refractivity contribution is 5.14. The van der Waals surface area contributed by atoms with Gasteiger partial charge in [0.15, 0.2) is 0 Å². The van der Waals surface area contributed by atoms with Crippen LogP contribution in [0.3, 0.4) is 0 Å². The van der Waals surface area contributed by atoms with Crippen molar-refractivity contribution in [3.63, 3.8) is 0 Å². The van der Waals surface area contributed by atoms with Crippen LogP contribution in [0.5, 0.6) is 0 Å². The van der Waals surface area contributed by atoms with Crippen LogP contribution in [0.4, 0.5) is 0 Å².